The Morgan fingerprint density at radius 1 is 1.59 bits per heavy atom. The van der Waals surface area contributed by atoms with Gasteiger partial charge in [-0.2, -0.15) is 5.10 Å². The molecule has 1 atom stereocenters. The standard InChI is InChI=1S/C11H15N3OS2/c1-7(5-9-4-3-8(2)17-9)14-10(6-15)12-13-11(14)16/h3-4,7,15H,5-6H2,1-2H3,(H,13,16). The Balaban J connectivity index is 2.22. The zero-order valence-corrected chi connectivity index (χ0v) is 11.4. The van der Waals surface area contributed by atoms with E-state index in [2.05, 4.69) is 36.2 Å². The number of H-pyrrole nitrogens is 1. The van der Waals surface area contributed by atoms with E-state index in [9.17, 15) is 5.11 Å². The third-order valence-corrected chi connectivity index (χ3v) is 3.96. The van der Waals surface area contributed by atoms with Crippen LogP contribution in [0.15, 0.2) is 12.1 Å². The molecule has 0 aliphatic carbocycles. The van der Waals surface area contributed by atoms with Crippen molar-refractivity contribution in [2.24, 2.45) is 0 Å². The van der Waals surface area contributed by atoms with Crippen molar-refractivity contribution in [2.75, 3.05) is 0 Å². The second-order valence-electron chi connectivity index (χ2n) is 4.04. The topological polar surface area (TPSA) is 53.8 Å². The second-order valence-corrected chi connectivity index (χ2v) is 5.80. The number of aromatic amines is 1. The van der Waals surface area contributed by atoms with E-state index in [1.165, 1.54) is 9.75 Å². The molecule has 0 bridgehead atoms. The SMILES string of the molecule is Cc1ccc(CC(C)n2c(CO)n[nH]c2=S)s1. The van der Waals surface area contributed by atoms with Crippen molar-refractivity contribution in [1.82, 2.24) is 14.8 Å². The lowest BCUT2D eigenvalue weighted by molar-refractivity contribution is 0.260. The van der Waals surface area contributed by atoms with Crippen LogP contribution in [0.5, 0.6) is 0 Å². The maximum Gasteiger partial charge on any atom is 0.195 e. The lowest BCUT2D eigenvalue weighted by Crippen LogP contribution is -2.11. The molecule has 2 rings (SSSR count). The number of rotatable bonds is 4. The first kappa shape index (κ1) is 12.5. The Bertz CT molecular complexity index is 555. The van der Waals surface area contributed by atoms with Gasteiger partial charge in [0.1, 0.15) is 6.61 Å². The van der Waals surface area contributed by atoms with Gasteiger partial charge in [-0.15, -0.1) is 11.3 Å². The van der Waals surface area contributed by atoms with Crippen molar-refractivity contribution in [1.29, 1.82) is 0 Å². The fourth-order valence-corrected chi connectivity index (χ4v) is 3.22. The van der Waals surface area contributed by atoms with Crippen LogP contribution in [0.25, 0.3) is 0 Å². The third-order valence-electron chi connectivity index (χ3n) is 2.65. The lowest BCUT2D eigenvalue weighted by atomic mass is 10.2. The molecule has 4 nitrogen and oxygen atoms in total. The van der Waals surface area contributed by atoms with Crippen LogP contribution in [-0.4, -0.2) is 19.9 Å². The van der Waals surface area contributed by atoms with Crippen molar-refractivity contribution >= 4 is 23.6 Å². The highest BCUT2D eigenvalue weighted by Crippen LogP contribution is 2.22. The van der Waals surface area contributed by atoms with E-state index in [0.29, 0.717) is 10.6 Å². The maximum atomic E-state index is 9.20. The lowest BCUT2D eigenvalue weighted by Gasteiger charge is -2.13. The molecule has 0 amide bonds. The number of aliphatic hydroxyl groups is 1. The van der Waals surface area contributed by atoms with Gasteiger partial charge in [-0.05, 0) is 38.2 Å². The first-order valence-corrected chi connectivity index (χ1v) is 6.66. The minimum absolute atomic E-state index is 0.0963. The highest BCUT2D eigenvalue weighted by atomic mass is 32.1. The summed E-state index contributed by atoms with van der Waals surface area (Å²) in [6.45, 7) is 4.09. The zero-order chi connectivity index (χ0) is 12.4. The predicted molar refractivity (Wildman–Crippen MR) is 70.8 cm³/mol. The quantitative estimate of drug-likeness (QED) is 0.839. The molecule has 2 aromatic heterocycles. The number of thiophene rings is 1. The van der Waals surface area contributed by atoms with Gasteiger partial charge in [0, 0.05) is 22.2 Å². The molecule has 0 radical (unpaired) electrons. The molecule has 92 valence electrons. The van der Waals surface area contributed by atoms with E-state index >= 15 is 0 Å². The van der Waals surface area contributed by atoms with Crippen molar-refractivity contribution < 1.29 is 5.11 Å². The van der Waals surface area contributed by atoms with E-state index in [1.807, 2.05) is 4.57 Å². The summed E-state index contributed by atoms with van der Waals surface area (Å²) >= 11 is 6.97. The summed E-state index contributed by atoms with van der Waals surface area (Å²) in [6, 6.07) is 4.45. The molecule has 17 heavy (non-hydrogen) atoms. The van der Waals surface area contributed by atoms with Gasteiger partial charge in [0.15, 0.2) is 10.6 Å². The molecule has 0 fully saturated rings. The number of nitrogens with one attached hydrogen (secondary N) is 1. The van der Waals surface area contributed by atoms with E-state index < -0.39 is 0 Å². The Labute approximate surface area is 109 Å². The van der Waals surface area contributed by atoms with E-state index in [0.717, 1.165) is 6.42 Å². The van der Waals surface area contributed by atoms with Crippen LogP contribution in [0.2, 0.25) is 0 Å². The molecular formula is C11H15N3OS2. The summed E-state index contributed by atoms with van der Waals surface area (Å²) in [5, 5.41) is 15.9. The summed E-state index contributed by atoms with van der Waals surface area (Å²) < 4.78 is 2.44. The molecule has 2 aromatic rings. The first-order chi connectivity index (χ1) is 8.11. The zero-order valence-electron chi connectivity index (χ0n) is 9.80. The Morgan fingerprint density at radius 3 is 2.94 bits per heavy atom. The van der Waals surface area contributed by atoms with Crippen LogP contribution in [-0.2, 0) is 13.0 Å². The van der Waals surface area contributed by atoms with Gasteiger partial charge in [-0.25, -0.2) is 0 Å². The average molecular weight is 269 g/mol. The molecular weight excluding hydrogens is 254 g/mol. The van der Waals surface area contributed by atoms with Crippen molar-refractivity contribution in [3.05, 3.63) is 32.5 Å². The first-order valence-electron chi connectivity index (χ1n) is 5.43. The van der Waals surface area contributed by atoms with Gasteiger partial charge in [-0.3, -0.25) is 9.67 Å². The summed E-state index contributed by atoms with van der Waals surface area (Å²) in [6.07, 6.45) is 0.902. The van der Waals surface area contributed by atoms with Gasteiger partial charge >= 0.3 is 0 Å². The minimum atomic E-state index is -0.0963. The smallest absolute Gasteiger partial charge is 0.195 e. The van der Waals surface area contributed by atoms with E-state index in [4.69, 9.17) is 12.2 Å². The largest absolute Gasteiger partial charge is 0.388 e. The third kappa shape index (κ3) is 2.65. The van der Waals surface area contributed by atoms with Crippen LogP contribution in [0.3, 0.4) is 0 Å². The van der Waals surface area contributed by atoms with Gasteiger partial charge in [-0.1, -0.05) is 0 Å². The van der Waals surface area contributed by atoms with E-state index in [-0.39, 0.29) is 12.6 Å². The van der Waals surface area contributed by atoms with Crippen LogP contribution in [0.1, 0.15) is 28.5 Å². The molecule has 2 heterocycles. The number of hydrogen-bond acceptors (Lipinski definition) is 4. The molecule has 0 spiro atoms. The van der Waals surface area contributed by atoms with Crippen LogP contribution in [0, 0.1) is 11.7 Å². The van der Waals surface area contributed by atoms with Gasteiger partial charge in [0.05, 0.1) is 0 Å². The number of aliphatic hydroxyl groups excluding tert-OH is 1. The minimum Gasteiger partial charge on any atom is -0.388 e. The average Bonchev–Trinajstić information content (AvgIpc) is 2.84. The fraction of sp³-hybridized carbons (Fsp3) is 0.455. The second kappa shape index (κ2) is 5.12. The molecule has 0 saturated heterocycles. The fourth-order valence-electron chi connectivity index (χ4n) is 1.88. The van der Waals surface area contributed by atoms with Crippen LogP contribution in [0.4, 0.5) is 0 Å². The van der Waals surface area contributed by atoms with E-state index in [1.54, 1.807) is 11.3 Å². The Morgan fingerprint density at radius 2 is 2.35 bits per heavy atom. The Kier molecular flexibility index (Phi) is 3.76. The summed E-state index contributed by atoms with van der Waals surface area (Å²) in [4.78, 5) is 2.63. The summed E-state index contributed by atoms with van der Waals surface area (Å²) in [5.41, 5.74) is 0. The number of hydrogen-bond donors (Lipinski definition) is 2. The van der Waals surface area contributed by atoms with Gasteiger partial charge in [0.2, 0.25) is 0 Å². The van der Waals surface area contributed by atoms with Crippen LogP contribution < -0.4 is 0 Å². The molecule has 0 saturated carbocycles. The summed E-state index contributed by atoms with van der Waals surface area (Å²) in [5.74, 6) is 0.593. The summed E-state index contributed by atoms with van der Waals surface area (Å²) in [7, 11) is 0. The Hall–Kier alpha value is -0.980. The number of nitrogens with zero attached hydrogens (tertiary/aromatic N) is 2. The number of aromatic nitrogens is 3. The molecule has 0 aromatic carbocycles. The van der Waals surface area contributed by atoms with Gasteiger partial charge in [0.25, 0.3) is 0 Å². The number of aryl methyl sites for hydroxylation is 1. The van der Waals surface area contributed by atoms with Gasteiger partial charge < -0.3 is 5.11 Å². The van der Waals surface area contributed by atoms with Crippen LogP contribution >= 0.6 is 23.6 Å². The van der Waals surface area contributed by atoms with Crippen molar-refractivity contribution in [3.63, 3.8) is 0 Å². The monoisotopic (exact) mass is 269 g/mol. The highest BCUT2D eigenvalue weighted by Gasteiger charge is 2.13. The molecule has 0 aliphatic rings. The molecule has 1 unspecified atom stereocenters. The molecule has 2 N–H and O–H groups in total. The molecule has 6 heteroatoms. The normalized spacial score (nSPS) is 12.9. The highest BCUT2D eigenvalue weighted by molar-refractivity contribution is 7.71. The maximum absolute atomic E-state index is 9.20. The van der Waals surface area contributed by atoms with Crippen molar-refractivity contribution in [3.8, 4) is 0 Å². The molecule has 0 aliphatic heterocycles. The predicted octanol–water partition coefficient (Wildman–Crippen LogP) is 2.61. The van der Waals surface area contributed by atoms with Crippen molar-refractivity contribution in [2.45, 2.75) is 32.9 Å².